The molecule has 4 aromatic rings. The highest BCUT2D eigenvalue weighted by molar-refractivity contribution is 5.81. The van der Waals surface area contributed by atoms with Gasteiger partial charge in [0.05, 0.1) is 29.5 Å². The lowest BCUT2D eigenvalue weighted by molar-refractivity contribution is 0.443. The molecule has 1 N–H and O–H groups in total. The topological polar surface area (TPSA) is 71.2 Å². The zero-order valence-corrected chi connectivity index (χ0v) is 17.1. The first-order chi connectivity index (χ1) is 14.1. The average Bonchev–Trinajstić information content (AvgIpc) is 3.14. The Labute approximate surface area is 169 Å². The maximum Gasteiger partial charge on any atom is 0.159 e. The number of hydrogen-bond acceptors (Lipinski definition) is 6. The van der Waals surface area contributed by atoms with Gasteiger partial charge in [0.1, 0.15) is 5.69 Å². The lowest BCUT2D eigenvalue weighted by Crippen LogP contribution is -2.41. The fourth-order valence-corrected chi connectivity index (χ4v) is 4.11. The van der Waals surface area contributed by atoms with Crippen molar-refractivity contribution >= 4 is 22.4 Å². The van der Waals surface area contributed by atoms with Gasteiger partial charge < -0.3 is 10.2 Å². The number of aryl methyl sites for hydroxylation is 2. The van der Waals surface area contributed by atoms with Gasteiger partial charge in [-0.2, -0.15) is 5.10 Å². The molecule has 7 nitrogen and oxygen atoms in total. The second kappa shape index (κ2) is 7.08. The van der Waals surface area contributed by atoms with Crippen molar-refractivity contribution in [2.45, 2.75) is 32.7 Å². The molecule has 0 radical (unpaired) electrons. The fraction of sp³-hybridized carbons (Fsp3) is 0.364. The number of aromatic nitrogens is 5. The van der Waals surface area contributed by atoms with Crippen LogP contribution in [0.5, 0.6) is 0 Å². The van der Waals surface area contributed by atoms with Crippen molar-refractivity contribution in [3.63, 3.8) is 0 Å². The van der Waals surface area contributed by atoms with Gasteiger partial charge in [0, 0.05) is 18.5 Å². The lowest BCUT2D eigenvalue weighted by Gasteiger charge is -2.33. The number of nitrogens with one attached hydrogen (secondary N) is 1. The summed E-state index contributed by atoms with van der Waals surface area (Å²) in [6.07, 6.45) is 6.19. The van der Waals surface area contributed by atoms with Crippen LogP contribution in [0.2, 0.25) is 0 Å². The second-order valence-electron chi connectivity index (χ2n) is 7.89. The van der Waals surface area contributed by atoms with E-state index in [1.54, 1.807) is 0 Å². The Hall–Kier alpha value is -3.06. The number of nitrogens with zero attached hydrogens (tertiary/aromatic N) is 6. The van der Waals surface area contributed by atoms with E-state index in [2.05, 4.69) is 46.3 Å². The number of piperidine rings is 1. The van der Waals surface area contributed by atoms with Crippen LogP contribution in [0.15, 0.2) is 36.7 Å². The number of hydrogen-bond donors (Lipinski definition) is 1. The zero-order chi connectivity index (χ0) is 20.0. The van der Waals surface area contributed by atoms with Crippen LogP contribution in [-0.4, -0.2) is 50.7 Å². The highest BCUT2D eigenvalue weighted by Crippen LogP contribution is 2.25. The summed E-state index contributed by atoms with van der Waals surface area (Å²) in [5.74, 6) is 0. The van der Waals surface area contributed by atoms with Crippen LogP contribution in [0, 0.1) is 13.8 Å². The SMILES string of the molecule is Cc1cn2nc(-c3ccc4cc(N(C)C5CCNCC5)cnc4n3)cc(C)c2n1. The summed E-state index contributed by atoms with van der Waals surface area (Å²) in [5.41, 5.74) is 6.45. The molecule has 7 heteroatoms. The highest BCUT2D eigenvalue weighted by atomic mass is 15.3. The van der Waals surface area contributed by atoms with E-state index in [1.807, 2.05) is 36.0 Å². The van der Waals surface area contributed by atoms with Crippen LogP contribution in [0.4, 0.5) is 5.69 Å². The fourth-order valence-electron chi connectivity index (χ4n) is 4.11. The summed E-state index contributed by atoms with van der Waals surface area (Å²) >= 11 is 0. The Morgan fingerprint density at radius 1 is 1.07 bits per heavy atom. The van der Waals surface area contributed by atoms with Gasteiger partial charge in [-0.05, 0) is 69.6 Å². The molecule has 1 saturated heterocycles. The molecule has 0 saturated carbocycles. The van der Waals surface area contributed by atoms with Gasteiger partial charge >= 0.3 is 0 Å². The van der Waals surface area contributed by atoms with E-state index in [-0.39, 0.29) is 0 Å². The van der Waals surface area contributed by atoms with Gasteiger partial charge in [-0.15, -0.1) is 0 Å². The Morgan fingerprint density at radius 3 is 2.72 bits per heavy atom. The molecule has 29 heavy (non-hydrogen) atoms. The van der Waals surface area contributed by atoms with E-state index < -0.39 is 0 Å². The van der Waals surface area contributed by atoms with Gasteiger partial charge in [0.25, 0.3) is 0 Å². The minimum absolute atomic E-state index is 0.556. The van der Waals surface area contributed by atoms with E-state index in [9.17, 15) is 0 Å². The van der Waals surface area contributed by atoms with E-state index in [0.717, 1.165) is 70.9 Å². The third-order valence-corrected chi connectivity index (χ3v) is 5.78. The maximum absolute atomic E-state index is 4.78. The van der Waals surface area contributed by atoms with E-state index >= 15 is 0 Å². The van der Waals surface area contributed by atoms with Crippen molar-refractivity contribution in [1.82, 2.24) is 29.9 Å². The number of fused-ring (bicyclic) bond motifs is 2. The minimum Gasteiger partial charge on any atom is -0.370 e. The molecular formula is C22H25N7. The van der Waals surface area contributed by atoms with E-state index in [0.29, 0.717) is 6.04 Å². The Morgan fingerprint density at radius 2 is 1.90 bits per heavy atom. The molecule has 1 aliphatic rings. The molecule has 148 valence electrons. The Bertz CT molecular complexity index is 1190. The Balaban J connectivity index is 1.49. The largest absolute Gasteiger partial charge is 0.370 e. The van der Waals surface area contributed by atoms with Gasteiger partial charge in [-0.25, -0.2) is 19.5 Å². The van der Waals surface area contributed by atoms with Crippen molar-refractivity contribution < 1.29 is 0 Å². The summed E-state index contributed by atoms with van der Waals surface area (Å²) in [6.45, 7) is 6.18. The molecule has 0 spiro atoms. The smallest absolute Gasteiger partial charge is 0.159 e. The van der Waals surface area contributed by atoms with Crippen LogP contribution in [0.25, 0.3) is 28.1 Å². The van der Waals surface area contributed by atoms with Crippen molar-refractivity contribution in [2.75, 3.05) is 25.0 Å². The quantitative estimate of drug-likeness (QED) is 0.582. The first-order valence-electron chi connectivity index (χ1n) is 10.1. The molecule has 0 atom stereocenters. The van der Waals surface area contributed by atoms with Crippen molar-refractivity contribution in [1.29, 1.82) is 0 Å². The number of imidazole rings is 1. The summed E-state index contributed by atoms with van der Waals surface area (Å²) in [7, 11) is 2.16. The summed E-state index contributed by atoms with van der Waals surface area (Å²) in [4.78, 5) is 16.3. The van der Waals surface area contributed by atoms with Crippen molar-refractivity contribution in [3.05, 3.63) is 47.9 Å². The Kier molecular flexibility index (Phi) is 4.39. The van der Waals surface area contributed by atoms with E-state index in [1.165, 1.54) is 0 Å². The molecule has 1 fully saturated rings. The summed E-state index contributed by atoms with van der Waals surface area (Å²) in [6, 6.07) is 8.89. The molecule has 0 unspecified atom stereocenters. The first kappa shape index (κ1) is 18.0. The van der Waals surface area contributed by atoms with Crippen LogP contribution in [-0.2, 0) is 0 Å². The third kappa shape index (κ3) is 3.31. The number of rotatable bonds is 3. The molecule has 5 heterocycles. The number of pyridine rings is 2. The lowest BCUT2D eigenvalue weighted by atomic mass is 10.0. The normalized spacial score (nSPS) is 15.3. The van der Waals surface area contributed by atoms with Gasteiger partial charge in [0.15, 0.2) is 11.3 Å². The predicted molar refractivity (Wildman–Crippen MR) is 115 cm³/mol. The molecule has 0 aliphatic carbocycles. The monoisotopic (exact) mass is 387 g/mol. The van der Waals surface area contributed by atoms with Gasteiger partial charge in [-0.1, -0.05) is 0 Å². The maximum atomic E-state index is 4.78. The molecule has 1 aliphatic heterocycles. The molecule has 0 aromatic carbocycles. The molecule has 0 bridgehead atoms. The van der Waals surface area contributed by atoms with E-state index in [4.69, 9.17) is 10.1 Å². The minimum atomic E-state index is 0.556. The van der Waals surface area contributed by atoms with Crippen LogP contribution < -0.4 is 10.2 Å². The predicted octanol–water partition coefficient (Wildman–Crippen LogP) is 3.14. The average molecular weight is 387 g/mol. The van der Waals surface area contributed by atoms with Gasteiger partial charge in [0.2, 0.25) is 0 Å². The highest BCUT2D eigenvalue weighted by Gasteiger charge is 2.19. The standard InChI is InChI=1S/C22H25N7/c1-14-10-20(27-29-13-15(2)25-22(14)29)19-5-4-16-11-18(12-24-21(16)26-19)28(3)17-6-8-23-9-7-17/h4-5,10-13,17,23H,6-9H2,1-3H3. The molecule has 5 rings (SSSR count). The molecule has 0 amide bonds. The van der Waals surface area contributed by atoms with Crippen LogP contribution in [0.1, 0.15) is 24.1 Å². The molecule has 4 aromatic heterocycles. The second-order valence-corrected chi connectivity index (χ2v) is 7.89. The summed E-state index contributed by atoms with van der Waals surface area (Å²) < 4.78 is 1.83. The van der Waals surface area contributed by atoms with Gasteiger partial charge in [-0.3, -0.25) is 0 Å². The third-order valence-electron chi connectivity index (χ3n) is 5.78. The van der Waals surface area contributed by atoms with Crippen molar-refractivity contribution in [3.8, 4) is 11.4 Å². The van der Waals surface area contributed by atoms with Crippen LogP contribution in [0.3, 0.4) is 0 Å². The molecular weight excluding hydrogens is 362 g/mol. The van der Waals surface area contributed by atoms with Crippen molar-refractivity contribution in [2.24, 2.45) is 0 Å². The van der Waals surface area contributed by atoms with Crippen LogP contribution >= 0.6 is 0 Å². The number of anilines is 1. The first-order valence-corrected chi connectivity index (χ1v) is 10.1. The zero-order valence-electron chi connectivity index (χ0n) is 17.1. The summed E-state index contributed by atoms with van der Waals surface area (Å²) in [5, 5.41) is 9.16.